The standard InChI is InChI=1S/C17H24BrN3/c1-2-21-15-7-6-13(18)10-14(15)20-16(21)11-17(12-19)8-4-3-5-9-17/h6-7,10H,2-5,8-9,11-12,19H2,1H3. The van der Waals surface area contributed by atoms with E-state index in [1.54, 1.807) is 0 Å². The van der Waals surface area contributed by atoms with Crippen molar-refractivity contribution in [3.8, 4) is 0 Å². The Hall–Kier alpha value is -0.870. The molecule has 2 aromatic rings. The first-order valence-corrected chi connectivity index (χ1v) is 8.81. The summed E-state index contributed by atoms with van der Waals surface area (Å²) in [6, 6.07) is 6.37. The normalized spacial score (nSPS) is 18.2. The average molecular weight is 350 g/mol. The van der Waals surface area contributed by atoms with E-state index in [1.165, 1.54) is 43.4 Å². The Bertz CT molecular complexity index is 626. The fourth-order valence-corrected chi connectivity index (χ4v) is 4.08. The summed E-state index contributed by atoms with van der Waals surface area (Å²) in [5, 5.41) is 0. The van der Waals surface area contributed by atoms with Gasteiger partial charge in [0.15, 0.2) is 0 Å². The molecule has 1 aliphatic carbocycles. The van der Waals surface area contributed by atoms with Crippen LogP contribution in [0.3, 0.4) is 0 Å². The van der Waals surface area contributed by atoms with Crippen molar-refractivity contribution in [2.45, 2.75) is 52.0 Å². The Labute approximate surface area is 135 Å². The number of imidazole rings is 1. The topological polar surface area (TPSA) is 43.8 Å². The maximum absolute atomic E-state index is 6.15. The minimum absolute atomic E-state index is 0.268. The van der Waals surface area contributed by atoms with Crippen molar-refractivity contribution in [1.29, 1.82) is 0 Å². The summed E-state index contributed by atoms with van der Waals surface area (Å²) in [5.41, 5.74) is 8.74. The monoisotopic (exact) mass is 349 g/mol. The molecule has 2 N–H and O–H groups in total. The number of nitrogens with two attached hydrogens (primary N) is 1. The summed E-state index contributed by atoms with van der Waals surface area (Å²) in [4.78, 5) is 4.91. The Morgan fingerprint density at radius 1 is 1.29 bits per heavy atom. The quantitative estimate of drug-likeness (QED) is 0.895. The van der Waals surface area contributed by atoms with Crippen molar-refractivity contribution >= 4 is 27.0 Å². The van der Waals surface area contributed by atoms with Gasteiger partial charge >= 0.3 is 0 Å². The maximum Gasteiger partial charge on any atom is 0.110 e. The molecule has 1 aliphatic rings. The van der Waals surface area contributed by atoms with Crippen LogP contribution in [-0.2, 0) is 13.0 Å². The molecule has 114 valence electrons. The molecule has 0 saturated heterocycles. The molecule has 21 heavy (non-hydrogen) atoms. The SMILES string of the molecule is CCn1c(CC2(CN)CCCCC2)nc2cc(Br)ccc21. The van der Waals surface area contributed by atoms with E-state index in [0.29, 0.717) is 0 Å². The van der Waals surface area contributed by atoms with Crippen molar-refractivity contribution in [3.63, 3.8) is 0 Å². The molecule has 1 aromatic carbocycles. The summed E-state index contributed by atoms with van der Waals surface area (Å²) >= 11 is 3.54. The van der Waals surface area contributed by atoms with Gasteiger partial charge in [-0.25, -0.2) is 4.98 Å². The number of halogens is 1. The van der Waals surface area contributed by atoms with Crippen molar-refractivity contribution in [2.24, 2.45) is 11.1 Å². The number of aromatic nitrogens is 2. The Balaban J connectivity index is 1.99. The van der Waals surface area contributed by atoms with Crippen LogP contribution in [0.4, 0.5) is 0 Å². The third kappa shape index (κ3) is 2.88. The molecule has 3 rings (SSSR count). The highest BCUT2D eigenvalue weighted by Crippen LogP contribution is 2.38. The minimum Gasteiger partial charge on any atom is -0.330 e. The van der Waals surface area contributed by atoms with Gasteiger partial charge in [0.25, 0.3) is 0 Å². The average Bonchev–Trinajstić information content (AvgIpc) is 2.84. The Kier molecular flexibility index (Phi) is 4.36. The molecule has 4 heteroatoms. The molecule has 1 saturated carbocycles. The number of hydrogen-bond acceptors (Lipinski definition) is 2. The molecule has 0 radical (unpaired) electrons. The van der Waals surface area contributed by atoms with Crippen LogP contribution in [0.25, 0.3) is 11.0 Å². The lowest BCUT2D eigenvalue weighted by Gasteiger charge is -2.36. The predicted molar refractivity (Wildman–Crippen MR) is 91.4 cm³/mol. The number of nitrogens with zero attached hydrogens (tertiary/aromatic N) is 2. The number of aryl methyl sites for hydroxylation is 1. The highest BCUT2D eigenvalue weighted by atomic mass is 79.9. The third-order valence-corrected chi connectivity index (χ3v) is 5.48. The van der Waals surface area contributed by atoms with Gasteiger partial charge in [-0.1, -0.05) is 35.2 Å². The van der Waals surface area contributed by atoms with Crippen LogP contribution in [0.1, 0.15) is 44.9 Å². The lowest BCUT2D eigenvalue weighted by Crippen LogP contribution is -2.35. The molecule has 0 atom stereocenters. The van der Waals surface area contributed by atoms with E-state index in [9.17, 15) is 0 Å². The van der Waals surface area contributed by atoms with Gasteiger partial charge in [-0.3, -0.25) is 0 Å². The van der Waals surface area contributed by atoms with Gasteiger partial charge in [-0.15, -0.1) is 0 Å². The second kappa shape index (κ2) is 6.09. The fourth-order valence-electron chi connectivity index (χ4n) is 3.73. The molecule has 1 heterocycles. The molecule has 0 unspecified atom stereocenters. The van der Waals surface area contributed by atoms with Crippen LogP contribution in [-0.4, -0.2) is 16.1 Å². The lowest BCUT2D eigenvalue weighted by atomic mass is 9.71. The van der Waals surface area contributed by atoms with Crippen molar-refractivity contribution in [1.82, 2.24) is 9.55 Å². The van der Waals surface area contributed by atoms with E-state index in [-0.39, 0.29) is 5.41 Å². The number of fused-ring (bicyclic) bond motifs is 1. The van der Waals surface area contributed by atoms with E-state index in [2.05, 4.69) is 45.6 Å². The zero-order valence-electron chi connectivity index (χ0n) is 12.7. The fraction of sp³-hybridized carbons (Fsp3) is 0.588. The van der Waals surface area contributed by atoms with E-state index in [0.717, 1.165) is 29.5 Å². The van der Waals surface area contributed by atoms with Crippen LogP contribution in [0, 0.1) is 5.41 Å². The van der Waals surface area contributed by atoms with E-state index in [1.807, 2.05) is 0 Å². The zero-order valence-corrected chi connectivity index (χ0v) is 14.3. The van der Waals surface area contributed by atoms with Gasteiger partial charge < -0.3 is 10.3 Å². The number of hydrogen-bond donors (Lipinski definition) is 1. The summed E-state index contributed by atoms with van der Waals surface area (Å²) in [6.45, 7) is 3.94. The van der Waals surface area contributed by atoms with Gasteiger partial charge in [0, 0.05) is 17.4 Å². The molecular formula is C17H24BrN3. The van der Waals surface area contributed by atoms with Crippen LogP contribution < -0.4 is 5.73 Å². The molecule has 1 fully saturated rings. The zero-order chi connectivity index (χ0) is 14.9. The second-order valence-electron chi connectivity index (χ2n) is 6.35. The van der Waals surface area contributed by atoms with E-state index >= 15 is 0 Å². The number of benzene rings is 1. The van der Waals surface area contributed by atoms with Gasteiger partial charge in [0.1, 0.15) is 5.82 Å². The molecular weight excluding hydrogens is 326 g/mol. The Morgan fingerprint density at radius 2 is 2.05 bits per heavy atom. The van der Waals surface area contributed by atoms with Crippen molar-refractivity contribution < 1.29 is 0 Å². The first-order chi connectivity index (χ1) is 10.2. The summed E-state index contributed by atoms with van der Waals surface area (Å²) in [5.74, 6) is 1.21. The van der Waals surface area contributed by atoms with Gasteiger partial charge in [-0.2, -0.15) is 0 Å². The van der Waals surface area contributed by atoms with Crippen LogP contribution >= 0.6 is 15.9 Å². The summed E-state index contributed by atoms with van der Waals surface area (Å²) in [7, 11) is 0. The summed E-state index contributed by atoms with van der Waals surface area (Å²) < 4.78 is 3.45. The van der Waals surface area contributed by atoms with Gasteiger partial charge in [0.05, 0.1) is 11.0 Å². The molecule has 0 spiro atoms. The van der Waals surface area contributed by atoms with Gasteiger partial charge in [0.2, 0.25) is 0 Å². The Morgan fingerprint density at radius 3 is 2.71 bits per heavy atom. The minimum atomic E-state index is 0.268. The van der Waals surface area contributed by atoms with E-state index in [4.69, 9.17) is 10.7 Å². The maximum atomic E-state index is 6.15. The van der Waals surface area contributed by atoms with E-state index < -0.39 is 0 Å². The van der Waals surface area contributed by atoms with Crippen LogP contribution in [0.2, 0.25) is 0 Å². The number of rotatable bonds is 4. The van der Waals surface area contributed by atoms with Gasteiger partial charge in [-0.05, 0) is 49.9 Å². The second-order valence-corrected chi connectivity index (χ2v) is 7.26. The molecule has 0 aliphatic heterocycles. The highest BCUT2D eigenvalue weighted by Gasteiger charge is 2.32. The summed E-state index contributed by atoms with van der Waals surface area (Å²) in [6.07, 6.45) is 7.51. The van der Waals surface area contributed by atoms with Crippen LogP contribution in [0.5, 0.6) is 0 Å². The van der Waals surface area contributed by atoms with Crippen molar-refractivity contribution in [2.75, 3.05) is 6.54 Å². The van der Waals surface area contributed by atoms with Crippen molar-refractivity contribution in [3.05, 3.63) is 28.5 Å². The largest absolute Gasteiger partial charge is 0.330 e. The highest BCUT2D eigenvalue weighted by molar-refractivity contribution is 9.10. The van der Waals surface area contributed by atoms with Crippen LogP contribution in [0.15, 0.2) is 22.7 Å². The smallest absolute Gasteiger partial charge is 0.110 e. The molecule has 0 bridgehead atoms. The lowest BCUT2D eigenvalue weighted by molar-refractivity contribution is 0.192. The molecule has 0 amide bonds. The first-order valence-electron chi connectivity index (χ1n) is 8.02. The molecule has 3 nitrogen and oxygen atoms in total. The third-order valence-electron chi connectivity index (χ3n) is 4.99. The molecule has 1 aromatic heterocycles. The predicted octanol–water partition coefficient (Wildman–Crippen LogP) is 4.27. The first kappa shape index (κ1) is 15.0.